The van der Waals surface area contributed by atoms with Crippen molar-refractivity contribution in [2.75, 3.05) is 13.2 Å². The Hall–Kier alpha value is -2.77. The zero-order chi connectivity index (χ0) is 22.0. The first-order valence-electron chi connectivity index (χ1n) is 10.4. The lowest BCUT2D eigenvalue weighted by Gasteiger charge is -2.39. The van der Waals surface area contributed by atoms with Crippen LogP contribution in [0.2, 0.25) is 0 Å². The molecule has 0 bridgehead atoms. The molecule has 0 N–H and O–H groups in total. The molecule has 2 fully saturated rings. The molecule has 1 saturated carbocycles. The van der Waals surface area contributed by atoms with Gasteiger partial charge in [0.1, 0.15) is 0 Å². The van der Waals surface area contributed by atoms with E-state index in [9.17, 15) is 24.5 Å². The summed E-state index contributed by atoms with van der Waals surface area (Å²) in [5, 5.41) is 11.0. The number of nitro groups is 1. The Morgan fingerprint density at radius 2 is 2.00 bits per heavy atom. The van der Waals surface area contributed by atoms with Gasteiger partial charge < -0.3 is 9.64 Å². The molecule has 1 aliphatic heterocycles. The van der Waals surface area contributed by atoms with Crippen molar-refractivity contribution >= 4 is 23.3 Å². The maximum absolute atomic E-state index is 12.5. The van der Waals surface area contributed by atoms with Gasteiger partial charge in [0.15, 0.2) is 6.61 Å². The van der Waals surface area contributed by atoms with Crippen molar-refractivity contribution in [3.05, 3.63) is 39.4 Å². The molecule has 4 atom stereocenters. The van der Waals surface area contributed by atoms with Gasteiger partial charge in [0.2, 0.25) is 11.7 Å². The molecule has 162 valence electrons. The Labute approximate surface area is 175 Å². The predicted molar refractivity (Wildman–Crippen MR) is 109 cm³/mol. The molecular weight excluding hydrogens is 388 g/mol. The summed E-state index contributed by atoms with van der Waals surface area (Å²) in [5.74, 6) is -0.778. The summed E-state index contributed by atoms with van der Waals surface area (Å²) in [5.41, 5.74) is 0.415. The Kier molecular flexibility index (Phi) is 6.53. The minimum Gasteiger partial charge on any atom is -0.457 e. The average Bonchev–Trinajstić information content (AvgIpc) is 3.09. The van der Waals surface area contributed by atoms with Crippen molar-refractivity contribution in [1.82, 2.24) is 4.90 Å². The summed E-state index contributed by atoms with van der Waals surface area (Å²) in [6.45, 7) is 5.77. The van der Waals surface area contributed by atoms with E-state index in [4.69, 9.17) is 4.74 Å². The second-order valence-electron chi connectivity index (χ2n) is 8.57. The van der Waals surface area contributed by atoms with Crippen LogP contribution in [0.15, 0.2) is 18.2 Å². The van der Waals surface area contributed by atoms with Crippen LogP contribution in [0.1, 0.15) is 55.5 Å². The maximum atomic E-state index is 12.5. The summed E-state index contributed by atoms with van der Waals surface area (Å²) in [6.07, 6.45) is 3.28. The number of nitro benzene ring substituents is 1. The van der Waals surface area contributed by atoms with Gasteiger partial charge in [-0.3, -0.25) is 24.5 Å². The van der Waals surface area contributed by atoms with Gasteiger partial charge in [-0.2, -0.15) is 0 Å². The molecule has 3 rings (SSSR count). The van der Waals surface area contributed by atoms with E-state index in [2.05, 4.69) is 13.8 Å². The smallest absolute Gasteiger partial charge is 0.311 e. The molecule has 2 aliphatic rings. The maximum Gasteiger partial charge on any atom is 0.311 e. The minimum absolute atomic E-state index is 0.0385. The molecule has 1 aliphatic carbocycles. The quantitative estimate of drug-likeness (QED) is 0.305. The minimum atomic E-state index is -0.581. The average molecular weight is 416 g/mol. The van der Waals surface area contributed by atoms with Gasteiger partial charge in [-0.05, 0) is 25.2 Å². The molecule has 1 heterocycles. The van der Waals surface area contributed by atoms with Crippen LogP contribution in [-0.2, 0) is 14.3 Å². The number of hydrogen-bond donors (Lipinski definition) is 0. The fourth-order valence-electron chi connectivity index (χ4n) is 4.52. The van der Waals surface area contributed by atoms with E-state index < -0.39 is 29.2 Å². The highest BCUT2D eigenvalue weighted by molar-refractivity contribution is 5.99. The third-order valence-corrected chi connectivity index (χ3v) is 6.63. The number of nitrogens with zero attached hydrogens (tertiary/aromatic N) is 2. The number of carbonyl (C=O) groups is 3. The number of ketones is 1. The van der Waals surface area contributed by atoms with E-state index in [1.165, 1.54) is 18.2 Å². The first kappa shape index (κ1) is 21.9. The highest BCUT2D eigenvalue weighted by Crippen LogP contribution is 2.36. The van der Waals surface area contributed by atoms with E-state index in [1.54, 1.807) is 6.92 Å². The Balaban J connectivity index is 1.58. The monoisotopic (exact) mass is 416 g/mol. The zero-order valence-corrected chi connectivity index (χ0v) is 17.6. The van der Waals surface area contributed by atoms with Crippen LogP contribution >= 0.6 is 0 Å². The SMILES string of the molecule is Cc1ccc(C(=O)COC(=O)[C@H]2CC(=O)N([C@@H]3CCC[C@H](C)[C@@H]3C)C2)cc1[N+](=O)[O-]. The number of esters is 1. The summed E-state index contributed by atoms with van der Waals surface area (Å²) < 4.78 is 5.17. The van der Waals surface area contributed by atoms with Crippen LogP contribution in [0.25, 0.3) is 0 Å². The second kappa shape index (κ2) is 8.93. The number of hydrogen-bond acceptors (Lipinski definition) is 6. The normalized spacial score (nSPS) is 26.5. The molecule has 0 unspecified atom stereocenters. The number of amides is 1. The van der Waals surface area contributed by atoms with Crippen LogP contribution in [0.4, 0.5) is 5.69 Å². The molecule has 1 saturated heterocycles. The van der Waals surface area contributed by atoms with E-state index in [0.717, 1.165) is 19.3 Å². The number of carbonyl (C=O) groups excluding carboxylic acids is 3. The Morgan fingerprint density at radius 1 is 1.27 bits per heavy atom. The number of aryl methyl sites for hydroxylation is 1. The molecule has 1 aromatic carbocycles. The highest BCUT2D eigenvalue weighted by Gasteiger charge is 2.42. The van der Waals surface area contributed by atoms with Gasteiger partial charge in [-0.15, -0.1) is 0 Å². The lowest BCUT2D eigenvalue weighted by molar-refractivity contribution is -0.385. The molecule has 0 spiro atoms. The molecule has 1 aromatic rings. The zero-order valence-electron chi connectivity index (χ0n) is 17.6. The van der Waals surface area contributed by atoms with Crippen molar-refractivity contribution < 1.29 is 24.0 Å². The molecule has 8 nitrogen and oxygen atoms in total. The lowest BCUT2D eigenvalue weighted by Crippen LogP contribution is -2.45. The van der Waals surface area contributed by atoms with Crippen LogP contribution in [0.5, 0.6) is 0 Å². The fourth-order valence-corrected chi connectivity index (χ4v) is 4.52. The number of ether oxygens (including phenoxy) is 1. The van der Waals surface area contributed by atoms with Crippen molar-refractivity contribution in [2.24, 2.45) is 17.8 Å². The molecular formula is C22H28N2O6. The first-order valence-corrected chi connectivity index (χ1v) is 10.4. The molecule has 0 radical (unpaired) electrons. The summed E-state index contributed by atoms with van der Waals surface area (Å²) >= 11 is 0. The molecule has 1 amide bonds. The molecule has 30 heavy (non-hydrogen) atoms. The van der Waals surface area contributed by atoms with Gasteiger partial charge in [-0.1, -0.05) is 38.8 Å². The highest BCUT2D eigenvalue weighted by atomic mass is 16.6. The van der Waals surface area contributed by atoms with Crippen LogP contribution in [0, 0.1) is 34.8 Å². The summed E-state index contributed by atoms with van der Waals surface area (Å²) in [7, 11) is 0. The van der Waals surface area contributed by atoms with E-state index >= 15 is 0 Å². The Morgan fingerprint density at radius 3 is 2.70 bits per heavy atom. The summed E-state index contributed by atoms with van der Waals surface area (Å²) in [4.78, 5) is 49.6. The van der Waals surface area contributed by atoms with E-state index in [1.807, 2.05) is 4.90 Å². The van der Waals surface area contributed by atoms with E-state index in [0.29, 0.717) is 23.9 Å². The fraction of sp³-hybridized carbons (Fsp3) is 0.591. The largest absolute Gasteiger partial charge is 0.457 e. The number of likely N-dealkylation sites (tertiary alicyclic amines) is 1. The van der Waals surface area contributed by atoms with Crippen LogP contribution < -0.4 is 0 Å². The number of benzene rings is 1. The predicted octanol–water partition coefficient (Wildman–Crippen LogP) is 3.30. The van der Waals surface area contributed by atoms with Crippen LogP contribution in [-0.4, -0.2) is 46.7 Å². The van der Waals surface area contributed by atoms with Crippen molar-refractivity contribution in [2.45, 2.75) is 52.5 Å². The van der Waals surface area contributed by atoms with Gasteiger partial charge in [0.25, 0.3) is 5.69 Å². The molecule has 0 aromatic heterocycles. The van der Waals surface area contributed by atoms with Crippen molar-refractivity contribution in [3.8, 4) is 0 Å². The second-order valence-corrected chi connectivity index (χ2v) is 8.57. The third-order valence-electron chi connectivity index (χ3n) is 6.63. The first-order chi connectivity index (χ1) is 14.2. The molecule has 8 heteroatoms. The Bertz CT molecular complexity index is 867. The lowest BCUT2D eigenvalue weighted by atomic mass is 9.77. The van der Waals surface area contributed by atoms with Crippen LogP contribution in [0.3, 0.4) is 0 Å². The topological polar surface area (TPSA) is 107 Å². The van der Waals surface area contributed by atoms with E-state index in [-0.39, 0.29) is 29.6 Å². The standard InChI is InChI=1S/C22H28N2O6/c1-13-5-4-6-18(15(13)3)23-11-17(10-21(23)26)22(27)30-12-20(25)16-8-7-14(2)19(9-16)24(28)29/h7-9,13,15,17-18H,4-6,10-12H2,1-3H3/t13-,15-,17-,18+/m0/s1. The number of Topliss-reactive ketones (excluding diaryl/α,β-unsaturated/α-hetero) is 1. The number of rotatable bonds is 6. The van der Waals surface area contributed by atoms with Crippen molar-refractivity contribution in [1.29, 1.82) is 0 Å². The van der Waals surface area contributed by atoms with Gasteiger partial charge >= 0.3 is 5.97 Å². The van der Waals surface area contributed by atoms with Gasteiger partial charge in [0, 0.05) is 36.2 Å². The van der Waals surface area contributed by atoms with Gasteiger partial charge in [0.05, 0.1) is 10.8 Å². The van der Waals surface area contributed by atoms with Gasteiger partial charge in [-0.25, -0.2) is 0 Å². The summed E-state index contributed by atoms with van der Waals surface area (Å²) in [6, 6.07) is 4.31. The third kappa shape index (κ3) is 4.52. The van der Waals surface area contributed by atoms with Crippen molar-refractivity contribution in [3.63, 3.8) is 0 Å².